The summed E-state index contributed by atoms with van der Waals surface area (Å²) in [6.45, 7) is 0.768. The first kappa shape index (κ1) is 15.0. The monoisotopic (exact) mass is 277 g/mol. The molecule has 1 fully saturated rings. The molecular formula is C16H23NO3. The molecule has 1 aromatic rings. The Morgan fingerprint density at radius 3 is 2.70 bits per heavy atom. The van der Waals surface area contributed by atoms with Crippen molar-refractivity contribution >= 4 is 5.97 Å². The highest BCUT2D eigenvalue weighted by Gasteiger charge is 2.42. The van der Waals surface area contributed by atoms with Crippen molar-refractivity contribution in [2.45, 2.75) is 31.3 Å². The lowest BCUT2D eigenvalue weighted by molar-refractivity contribution is -0.0625. The summed E-state index contributed by atoms with van der Waals surface area (Å²) in [5.74, 6) is -0.894. The first-order chi connectivity index (χ1) is 9.45. The third kappa shape index (κ3) is 2.86. The molecule has 1 saturated carbocycles. The maximum Gasteiger partial charge on any atom is 0.336 e. The summed E-state index contributed by atoms with van der Waals surface area (Å²) in [6, 6.07) is 6.86. The Bertz CT molecular complexity index is 486. The molecular weight excluding hydrogens is 254 g/mol. The standard InChI is InChI=1S/C16H23NO3/c1-17(2)11-12-7-5-6-10-16(12,20)14-9-4-3-8-13(14)15(18)19/h3-4,8-9,12,20H,5-7,10-11H2,1-2H3,(H,18,19). The zero-order valence-corrected chi connectivity index (χ0v) is 12.2. The summed E-state index contributed by atoms with van der Waals surface area (Å²) >= 11 is 0. The number of carboxylic acids is 1. The largest absolute Gasteiger partial charge is 0.478 e. The van der Waals surface area contributed by atoms with Gasteiger partial charge >= 0.3 is 5.97 Å². The third-order valence-electron chi connectivity index (χ3n) is 4.25. The van der Waals surface area contributed by atoms with Gasteiger partial charge in [0.25, 0.3) is 0 Å². The summed E-state index contributed by atoms with van der Waals surface area (Å²) in [5.41, 5.74) is -0.239. The predicted molar refractivity (Wildman–Crippen MR) is 77.8 cm³/mol. The third-order valence-corrected chi connectivity index (χ3v) is 4.25. The van der Waals surface area contributed by atoms with E-state index in [1.54, 1.807) is 24.3 Å². The topological polar surface area (TPSA) is 60.8 Å². The molecule has 0 aromatic heterocycles. The molecule has 2 unspecified atom stereocenters. The number of nitrogens with zero attached hydrogens (tertiary/aromatic N) is 1. The van der Waals surface area contributed by atoms with Gasteiger partial charge in [-0.2, -0.15) is 0 Å². The number of benzene rings is 1. The maximum atomic E-state index is 11.4. The fourth-order valence-electron chi connectivity index (χ4n) is 3.31. The molecule has 0 heterocycles. The molecule has 1 aliphatic rings. The van der Waals surface area contributed by atoms with E-state index in [2.05, 4.69) is 4.90 Å². The van der Waals surface area contributed by atoms with Crippen molar-refractivity contribution in [2.75, 3.05) is 20.6 Å². The second-order valence-electron chi connectivity index (χ2n) is 5.98. The van der Waals surface area contributed by atoms with Gasteiger partial charge in [0.2, 0.25) is 0 Å². The lowest BCUT2D eigenvalue weighted by atomic mass is 9.70. The van der Waals surface area contributed by atoms with Crippen molar-refractivity contribution in [3.63, 3.8) is 0 Å². The molecule has 0 radical (unpaired) electrons. The minimum Gasteiger partial charge on any atom is -0.478 e. The minimum absolute atomic E-state index is 0.0757. The van der Waals surface area contributed by atoms with Crippen LogP contribution < -0.4 is 0 Å². The van der Waals surface area contributed by atoms with Crippen molar-refractivity contribution in [1.29, 1.82) is 0 Å². The fourth-order valence-corrected chi connectivity index (χ4v) is 3.31. The van der Waals surface area contributed by atoms with Crippen LogP contribution in [0.4, 0.5) is 0 Å². The number of carboxylic acid groups (broad SMARTS) is 1. The second-order valence-corrected chi connectivity index (χ2v) is 5.98. The molecule has 20 heavy (non-hydrogen) atoms. The molecule has 4 nitrogen and oxygen atoms in total. The van der Waals surface area contributed by atoms with E-state index >= 15 is 0 Å². The van der Waals surface area contributed by atoms with E-state index in [0.29, 0.717) is 12.0 Å². The van der Waals surface area contributed by atoms with Crippen LogP contribution in [0.5, 0.6) is 0 Å². The van der Waals surface area contributed by atoms with E-state index in [-0.39, 0.29) is 11.5 Å². The highest BCUT2D eigenvalue weighted by Crippen LogP contribution is 2.43. The Labute approximate surface area is 120 Å². The van der Waals surface area contributed by atoms with Crippen molar-refractivity contribution in [3.8, 4) is 0 Å². The van der Waals surface area contributed by atoms with Crippen molar-refractivity contribution in [2.24, 2.45) is 5.92 Å². The molecule has 0 bridgehead atoms. The molecule has 0 saturated heterocycles. The van der Waals surface area contributed by atoms with Crippen LogP contribution in [-0.4, -0.2) is 41.7 Å². The molecule has 1 aliphatic carbocycles. The molecule has 2 N–H and O–H groups in total. The molecule has 2 atom stereocenters. The summed E-state index contributed by atoms with van der Waals surface area (Å²) in [5, 5.41) is 20.5. The van der Waals surface area contributed by atoms with E-state index in [0.717, 1.165) is 25.8 Å². The Morgan fingerprint density at radius 1 is 1.35 bits per heavy atom. The molecule has 4 heteroatoms. The Morgan fingerprint density at radius 2 is 2.05 bits per heavy atom. The van der Waals surface area contributed by atoms with Crippen molar-refractivity contribution in [3.05, 3.63) is 35.4 Å². The Kier molecular flexibility index (Phi) is 4.45. The van der Waals surface area contributed by atoms with E-state index in [9.17, 15) is 15.0 Å². The van der Waals surface area contributed by atoms with Crippen LogP contribution in [0.15, 0.2) is 24.3 Å². The van der Waals surface area contributed by atoms with Gasteiger partial charge in [0, 0.05) is 12.5 Å². The second kappa shape index (κ2) is 5.94. The normalized spacial score (nSPS) is 26.7. The van der Waals surface area contributed by atoms with Crippen molar-refractivity contribution < 1.29 is 15.0 Å². The quantitative estimate of drug-likeness (QED) is 0.886. The first-order valence-corrected chi connectivity index (χ1v) is 7.15. The zero-order chi connectivity index (χ0) is 14.8. The van der Waals surface area contributed by atoms with E-state index < -0.39 is 11.6 Å². The molecule has 110 valence electrons. The van der Waals surface area contributed by atoms with Gasteiger partial charge in [0.15, 0.2) is 0 Å². The van der Waals surface area contributed by atoms with Crippen LogP contribution in [0, 0.1) is 5.92 Å². The smallest absolute Gasteiger partial charge is 0.336 e. The molecule has 0 amide bonds. The van der Waals surface area contributed by atoms with Crippen LogP contribution in [0.2, 0.25) is 0 Å². The number of aliphatic hydroxyl groups is 1. The highest BCUT2D eigenvalue weighted by atomic mass is 16.4. The average Bonchev–Trinajstić information content (AvgIpc) is 2.41. The molecule has 0 aliphatic heterocycles. The van der Waals surface area contributed by atoms with Crippen LogP contribution in [0.1, 0.15) is 41.6 Å². The van der Waals surface area contributed by atoms with Crippen LogP contribution >= 0.6 is 0 Å². The van der Waals surface area contributed by atoms with Gasteiger partial charge in [-0.15, -0.1) is 0 Å². The van der Waals surface area contributed by atoms with Gasteiger partial charge in [-0.3, -0.25) is 0 Å². The van der Waals surface area contributed by atoms with Crippen molar-refractivity contribution in [1.82, 2.24) is 4.90 Å². The molecule has 2 rings (SSSR count). The van der Waals surface area contributed by atoms with Gasteiger partial charge in [-0.1, -0.05) is 31.0 Å². The van der Waals surface area contributed by atoms with Gasteiger partial charge in [-0.25, -0.2) is 4.79 Å². The predicted octanol–water partition coefficient (Wildman–Crippen LogP) is 2.32. The lowest BCUT2D eigenvalue weighted by Gasteiger charge is -2.42. The minimum atomic E-state index is -1.03. The van der Waals surface area contributed by atoms with E-state index in [4.69, 9.17) is 0 Å². The molecule has 0 spiro atoms. The summed E-state index contributed by atoms with van der Waals surface area (Å²) in [6.07, 6.45) is 3.60. The van der Waals surface area contributed by atoms with E-state index in [1.165, 1.54) is 0 Å². The number of hydrogen-bond donors (Lipinski definition) is 2. The molecule has 1 aromatic carbocycles. The number of rotatable bonds is 4. The maximum absolute atomic E-state index is 11.4. The Balaban J connectivity index is 2.43. The fraction of sp³-hybridized carbons (Fsp3) is 0.562. The SMILES string of the molecule is CN(C)CC1CCCCC1(O)c1ccccc1C(=O)O. The van der Waals surface area contributed by atoms with Crippen LogP contribution in [0.25, 0.3) is 0 Å². The average molecular weight is 277 g/mol. The van der Waals surface area contributed by atoms with Crippen LogP contribution in [0.3, 0.4) is 0 Å². The van der Waals surface area contributed by atoms with E-state index in [1.807, 2.05) is 14.1 Å². The number of aromatic carboxylic acids is 1. The number of hydrogen-bond acceptors (Lipinski definition) is 3. The van der Waals surface area contributed by atoms with Gasteiger partial charge in [0.05, 0.1) is 11.2 Å². The van der Waals surface area contributed by atoms with Gasteiger partial charge < -0.3 is 15.1 Å². The Hall–Kier alpha value is -1.39. The summed E-state index contributed by atoms with van der Waals surface area (Å²) in [4.78, 5) is 13.5. The van der Waals surface area contributed by atoms with Gasteiger partial charge in [0.1, 0.15) is 0 Å². The lowest BCUT2D eigenvalue weighted by Crippen LogP contribution is -2.43. The van der Waals surface area contributed by atoms with Crippen LogP contribution in [-0.2, 0) is 5.60 Å². The van der Waals surface area contributed by atoms with Gasteiger partial charge in [-0.05, 0) is 38.6 Å². The summed E-state index contributed by atoms with van der Waals surface area (Å²) < 4.78 is 0. The highest BCUT2D eigenvalue weighted by molar-refractivity contribution is 5.89. The summed E-state index contributed by atoms with van der Waals surface area (Å²) in [7, 11) is 3.97. The zero-order valence-electron chi connectivity index (χ0n) is 12.2. The first-order valence-electron chi connectivity index (χ1n) is 7.15. The number of carbonyl (C=O) groups is 1.